The highest BCUT2D eigenvalue weighted by atomic mass is 32.2. The maximum absolute atomic E-state index is 12.7. The standard InChI is InChI=1S/C24H24N4O3S/c1-17(12-24(29)28-15-19-10-11-26-13-20(19)16-28)2-3-18-4-6-21(7-5-18)32(30,31)22-8-9-23(25)27-14-22/h2,4-11,13-14H,3,12,15-16H2,1H3,(H2,25,27). The van der Waals surface area contributed by atoms with Crippen molar-refractivity contribution in [3.63, 3.8) is 0 Å². The van der Waals surface area contributed by atoms with Gasteiger partial charge in [0, 0.05) is 38.1 Å². The van der Waals surface area contributed by atoms with Gasteiger partial charge in [0.05, 0.1) is 9.79 Å². The fourth-order valence-electron chi connectivity index (χ4n) is 3.60. The van der Waals surface area contributed by atoms with Crippen LogP contribution in [0.4, 0.5) is 5.82 Å². The molecule has 8 heteroatoms. The summed E-state index contributed by atoms with van der Waals surface area (Å²) in [4.78, 5) is 22.8. The number of allylic oxidation sites excluding steroid dienone is 1. The molecule has 1 aromatic carbocycles. The van der Waals surface area contributed by atoms with Crippen molar-refractivity contribution in [2.45, 2.75) is 42.6 Å². The predicted molar refractivity (Wildman–Crippen MR) is 121 cm³/mol. The lowest BCUT2D eigenvalue weighted by molar-refractivity contribution is -0.131. The molecule has 164 valence electrons. The molecule has 32 heavy (non-hydrogen) atoms. The van der Waals surface area contributed by atoms with Gasteiger partial charge in [-0.05, 0) is 60.4 Å². The van der Waals surface area contributed by atoms with Crippen LogP contribution in [0, 0.1) is 0 Å². The van der Waals surface area contributed by atoms with Gasteiger partial charge in [0.2, 0.25) is 15.7 Å². The van der Waals surface area contributed by atoms with E-state index in [9.17, 15) is 13.2 Å². The maximum Gasteiger partial charge on any atom is 0.227 e. The Hall–Kier alpha value is -3.52. The van der Waals surface area contributed by atoms with Gasteiger partial charge in [0.15, 0.2) is 0 Å². The highest BCUT2D eigenvalue weighted by Gasteiger charge is 2.23. The third-order valence-electron chi connectivity index (χ3n) is 5.50. The second-order valence-electron chi connectivity index (χ2n) is 7.89. The molecular weight excluding hydrogens is 424 g/mol. The molecule has 3 aromatic rings. The van der Waals surface area contributed by atoms with E-state index in [-0.39, 0.29) is 21.5 Å². The zero-order chi connectivity index (χ0) is 22.7. The van der Waals surface area contributed by atoms with E-state index < -0.39 is 9.84 Å². The Morgan fingerprint density at radius 2 is 1.75 bits per heavy atom. The number of nitrogens with two attached hydrogens (primary N) is 1. The van der Waals surface area contributed by atoms with Crippen molar-refractivity contribution in [3.8, 4) is 0 Å². The summed E-state index contributed by atoms with van der Waals surface area (Å²) < 4.78 is 25.4. The highest BCUT2D eigenvalue weighted by Crippen LogP contribution is 2.23. The van der Waals surface area contributed by atoms with Gasteiger partial charge in [-0.15, -0.1) is 0 Å². The number of carbonyl (C=O) groups is 1. The predicted octanol–water partition coefficient (Wildman–Crippen LogP) is 3.31. The molecule has 3 heterocycles. The number of hydrogen-bond donors (Lipinski definition) is 1. The van der Waals surface area contributed by atoms with Gasteiger partial charge in [0.25, 0.3) is 0 Å². The lowest BCUT2D eigenvalue weighted by Gasteiger charge is -2.15. The molecule has 0 saturated carbocycles. The molecule has 0 radical (unpaired) electrons. The van der Waals surface area contributed by atoms with E-state index in [0.29, 0.717) is 25.9 Å². The average Bonchev–Trinajstić information content (AvgIpc) is 3.23. The van der Waals surface area contributed by atoms with Crippen LogP contribution in [0.2, 0.25) is 0 Å². The minimum Gasteiger partial charge on any atom is -0.384 e. The number of amides is 1. The molecule has 1 aliphatic rings. The number of nitrogen functional groups attached to an aromatic ring is 1. The number of nitrogens with zero attached hydrogens (tertiary/aromatic N) is 3. The number of aromatic nitrogens is 2. The van der Waals surface area contributed by atoms with E-state index in [2.05, 4.69) is 9.97 Å². The molecule has 2 N–H and O–H groups in total. The van der Waals surface area contributed by atoms with E-state index in [0.717, 1.165) is 22.3 Å². The van der Waals surface area contributed by atoms with Crippen molar-refractivity contribution in [1.82, 2.24) is 14.9 Å². The van der Waals surface area contributed by atoms with E-state index in [4.69, 9.17) is 5.73 Å². The van der Waals surface area contributed by atoms with Gasteiger partial charge in [-0.25, -0.2) is 13.4 Å². The van der Waals surface area contributed by atoms with Crippen molar-refractivity contribution in [2.24, 2.45) is 0 Å². The van der Waals surface area contributed by atoms with Gasteiger partial charge in [-0.1, -0.05) is 23.8 Å². The first-order chi connectivity index (χ1) is 15.3. The van der Waals surface area contributed by atoms with Crippen LogP contribution < -0.4 is 5.73 Å². The quantitative estimate of drug-likeness (QED) is 0.580. The smallest absolute Gasteiger partial charge is 0.227 e. The third kappa shape index (κ3) is 4.70. The van der Waals surface area contributed by atoms with Crippen molar-refractivity contribution in [2.75, 3.05) is 5.73 Å². The first-order valence-corrected chi connectivity index (χ1v) is 11.7. The highest BCUT2D eigenvalue weighted by molar-refractivity contribution is 7.91. The molecule has 0 atom stereocenters. The summed E-state index contributed by atoms with van der Waals surface area (Å²) in [6.45, 7) is 3.17. The number of fused-ring (bicyclic) bond motifs is 1. The fraction of sp³-hybridized carbons (Fsp3) is 0.208. The third-order valence-corrected chi connectivity index (χ3v) is 7.25. The summed E-state index contributed by atoms with van der Waals surface area (Å²) in [5.41, 5.74) is 9.73. The Bertz CT molecular complexity index is 1240. The van der Waals surface area contributed by atoms with Gasteiger partial charge in [0.1, 0.15) is 5.82 Å². The van der Waals surface area contributed by atoms with Crippen molar-refractivity contribution in [3.05, 3.63) is 89.4 Å². The van der Waals surface area contributed by atoms with Crippen LogP contribution in [0.3, 0.4) is 0 Å². The summed E-state index contributed by atoms with van der Waals surface area (Å²) in [6, 6.07) is 11.6. The van der Waals surface area contributed by atoms with Crippen LogP contribution >= 0.6 is 0 Å². The lowest BCUT2D eigenvalue weighted by atomic mass is 10.1. The van der Waals surface area contributed by atoms with Gasteiger partial charge in [-0.3, -0.25) is 9.78 Å². The van der Waals surface area contributed by atoms with E-state index in [1.807, 2.05) is 30.2 Å². The molecule has 1 aliphatic heterocycles. The van der Waals surface area contributed by atoms with Crippen molar-refractivity contribution >= 4 is 21.6 Å². The summed E-state index contributed by atoms with van der Waals surface area (Å²) in [7, 11) is -3.64. The summed E-state index contributed by atoms with van der Waals surface area (Å²) in [5.74, 6) is 0.361. The van der Waals surface area contributed by atoms with E-state index in [1.54, 1.807) is 30.5 Å². The van der Waals surface area contributed by atoms with E-state index in [1.165, 1.54) is 18.3 Å². The number of sulfone groups is 1. The zero-order valence-electron chi connectivity index (χ0n) is 17.7. The summed E-state index contributed by atoms with van der Waals surface area (Å²) in [5, 5.41) is 0. The number of carbonyl (C=O) groups excluding carboxylic acids is 1. The second-order valence-corrected chi connectivity index (χ2v) is 9.84. The van der Waals surface area contributed by atoms with Crippen LogP contribution in [0.1, 0.15) is 30.0 Å². The largest absolute Gasteiger partial charge is 0.384 e. The molecule has 0 bridgehead atoms. The Balaban J connectivity index is 1.36. The Morgan fingerprint density at radius 3 is 2.44 bits per heavy atom. The topological polar surface area (TPSA) is 106 Å². The molecule has 0 fully saturated rings. The molecule has 1 amide bonds. The maximum atomic E-state index is 12.7. The minimum absolute atomic E-state index is 0.0912. The normalized spacial score (nSPS) is 13.8. The van der Waals surface area contributed by atoms with Crippen LogP contribution in [-0.4, -0.2) is 29.2 Å². The van der Waals surface area contributed by atoms with Crippen LogP contribution in [0.5, 0.6) is 0 Å². The molecule has 0 aliphatic carbocycles. The van der Waals surface area contributed by atoms with E-state index >= 15 is 0 Å². The van der Waals surface area contributed by atoms with Crippen molar-refractivity contribution in [1.29, 1.82) is 0 Å². The second kappa shape index (κ2) is 8.92. The van der Waals surface area contributed by atoms with Crippen LogP contribution in [0.25, 0.3) is 0 Å². The average molecular weight is 449 g/mol. The molecular formula is C24H24N4O3S. The molecule has 0 spiro atoms. The van der Waals surface area contributed by atoms with Gasteiger partial charge < -0.3 is 10.6 Å². The Kier molecular flexibility index (Phi) is 6.05. The SMILES string of the molecule is CC(=CCc1ccc(S(=O)(=O)c2ccc(N)nc2)cc1)CC(=O)N1Cc2ccncc2C1. The van der Waals surface area contributed by atoms with Crippen LogP contribution in [0.15, 0.2) is 82.5 Å². The first kappa shape index (κ1) is 21.7. The molecule has 2 aromatic heterocycles. The first-order valence-electron chi connectivity index (χ1n) is 10.2. The summed E-state index contributed by atoms with van der Waals surface area (Å²) >= 11 is 0. The zero-order valence-corrected chi connectivity index (χ0v) is 18.5. The molecule has 7 nitrogen and oxygen atoms in total. The number of anilines is 1. The molecule has 0 saturated heterocycles. The molecule has 0 unspecified atom stereocenters. The fourth-order valence-corrected chi connectivity index (χ4v) is 4.81. The van der Waals surface area contributed by atoms with Gasteiger partial charge >= 0.3 is 0 Å². The lowest BCUT2D eigenvalue weighted by Crippen LogP contribution is -2.25. The number of hydrogen-bond acceptors (Lipinski definition) is 6. The summed E-state index contributed by atoms with van der Waals surface area (Å²) in [6.07, 6.45) is 7.82. The number of rotatable bonds is 6. The number of pyridine rings is 2. The Morgan fingerprint density at radius 1 is 1.03 bits per heavy atom. The monoisotopic (exact) mass is 448 g/mol. The molecule has 4 rings (SSSR count). The Labute approximate surface area is 187 Å². The van der Waals surface area contributed by atoms with Crippen molar-refractivity contribution < 1.29 is 13.2 Å². The van der Waals surface area contributed by atoms with Crippen LogP contribution in [-0.2, 0) is 34.1 Å². The van der Waals surface area contributed by atoms with Gasteiger partial charge in [-0.2, -0.15) is 0 Å². The number of benzene rings is 1. The minimum atomic E-state index is -3.64.